The van der Waals surface area contributed by atoms with E-state index in [-0.39, 0.29) is 18.7 Å². The third-order valence-electron chi connectivity index (χ3n) is 5.67. The number of rotatable bonds is 5. The summed E-state index contributed by atoms with van der Waals surface area (Å²) in [5.41, 5.74) is 1.38. The Balaban J connectivity index is 1.43. The summed E-state index contributed by atoms with van der Waals surface area (Å²) in [5, 5.41) is 9.02. The van der Waals surface area contributed by atoms with Crippen LogP contribution >= 0.6 is 0 Å². The van der Waals surface area contributed by atoms with E-state index in [1.807, 2.05) is 0 Å². The average Bonchev–Trinajstić information content (AvgIpc) is 2.93. The Morgan fingerprint density at radius 3 is 2.61 bits per heavy atom. The lowest BCUT2D eigenvalue weighted by molar-refractivity contribution is -0.136. The van der Waals surface area contributed by atoms with Crippen LogP contribution in [0.3, 0.4) is 0 Å². The van der Waals surface area contributed by atoms with Crippen molar-refractivity contribution in [2.45, 2.75) is 50.6 Å². The minimum absolute atomic E-state index is 0.117. The van der Waals surface area contributed by atoms with Crippen LogP contribution in [0.2, 0.25) is 0 Å². The zero-order chi connectivity index (χ0) is 19.7. The number of imide groups is 2. The fourth-order valence-corrected chi connectivity index (χ4v) is 4.14. The lowest BCUT2D eigenvalue weighted by Gasteiger charge is -2.27. The molecule has 2 fully saturated rings. The monoisotopic (exact) mass is 384 g/mol. The van der Waals surface area contributed by atoms with E-state index in [1.54, 1.807) is 18.2 Å². The van der Waals surface area contributed by atoms with Crippen molar-refractivity contribution in [3.05, 3.63) is 29.3 Å². The number of nitrogens with zero attached hydrogens (tertiary/aromatic N) is 1. The van der Waals surface area contributed by atoms with E-state index in [2.05, 4.69) is 16.0 Å². The first-order valence-corrected chi connectivity index (χ1v) is 9.87. The topological polar surface area (TPSA) is 108 Å². The van der Waals surface area contributed by atoms with Crippen molar-refractivity contribution in [2.24, 2.45) is 0 Å². The van der Waals surface area contributed by atoms with Crippen molar-refractivity contribution in [3.63, 3.8) is 0 Å². The molecule has 4 rings (SSSR count). The van der Waals surface area contributed by atoms with Gasteiger partial charge in [0.15, 0.2) is 0 Å². The molecule has 8 nitrogen and oxygen atoms in total. The predicted octanol–water partition coefficient (Wildman–Crippen LogP) is 1.03. The largest absolute Gasteiger partial charge is 0.385 e. The molecular weight excluding hydrogens is 360 g/mol. The van der Waals surface area contributed by atoms with Crippen LogP contribution in [0.4, 0.5) is 5.69 Å². The maximum absolute atomic E-state index is 12.8. The number of benzene rings is 1. The highest BCUT2D eigenvalue weighted by Gasteiger charge is 2.44. The molecule has 8 heteroatoms. The normalized spacial score (nSPS) is 24.9. The molecule has 0 aromatic heterocycles. The zero-order valence-corrected chi connectivity index (χ0v) is 15.6. The van der Waals surface area contributed by atoms with E-state index >= 15 is 0 Å². The highest BCUT2D eigenvalue weighted by atomic mass is 16.2. The van der Waals surface area contributed by atoms with Crippen LogP contribution in [0.15, 0.2) is 18.2 Å². The van der Waals surface area contributed by atoms with Gasteiger partial charge in [-0.2, -0.15) is 0 Å². The second-order valence-corrected chi connectivity index (χ2v) is 7.57. The van der Waals surface area contributed by atoms with Crippen molar-refractivity contribution in [1.29, 1.82) is 0 Å². The van der Waals surface area contributed by atoms with E-state index in [1.165, 1.54) is 19.3 Å². The summed E-state index contributed by atoms with van der Waals surface area (Å²) < 4.78 is 0. The van der Waals surface area contributed by atoms with Gasteiger partial charge in [0.05, 0.1) is 11.1 Å². The van der Waals surface area contributed by atoms with Gasteiger partial charge in [0.1, 0.15) is 6.04 Å². The van der Waals surface area contributed by atoms with Crippen molar-refractivity contribution >= 4 is 29.3 Å². The van der Waals surface area contributed by atoms with Crippen LogP contribution in [-0.4, -0.2) is 53.7 Å². The standard InChI is InChI=1S/C20H24N4O4/c25-17-7-6-16(18(26)23-17)24-19(27)14-5-4-13(11-15(14)20(24)28)22-10-8-12-3-1-2-9-21-12/h4-5,11-12,16,21-22H,1-3,6-10H2,(H,23,25,26). The Hall–Kier alpha value is -2.74. The summed E-state index contributed by atoms with van der Waals surface area (Å²) in [5.74, 6) is -1.93. The third kappa shape index (κ3) is 3.52. The molecule has 3 N–H and O–H groups in total. The fraction of sp³-hybridized carbons (Fsp3) is 0.500. The van der Waals surface area contributed by atoms with Crippen LogP contribution < -0.4 is 16.0 Å². The van der Waals surface area contributed by atoms with Gasteiger partial charge >= 0.3 is 0 Å². The summed E-state index contributed by atoms with van der Waals surface area (Å²) in [6.07, 6.45) is 4.94. The third-order valence-corrected chi connectivity index (χ3v) is 5.67. The van der Waals surface area contributed by atoms with Gasteiger partial charge in [0, 0.05) is 24.7 Å². The maximum Gasteiger partial charge on any atom is 0.262 e. The second-order valence-electron chi connectivity index (χ2n) is 7.57. The molecule has 2 saturated heterocycles. The van der Waals surface area contributed by atoms with Gasteiger partial charge in [0.25, 0.3) is 11.8 Å². The molecule has 3 heterocycles. The molecule has 0 radical (unpaired) electrons. The number of carbonyl (C=O) groups is 4. The molecule has 4 amide bonds. The van der Waals surface area contributed by atoms with Crippen LogP contribution in [0.1, 0.15) is 59.2 Å². The predicted molar refractivity (Wildman–Crippen MR) is 102 cm³/mol. The number of amides is 4. The first-order chi connectivity index (χ1) is 13.5. The number of carbonyl (C=O) groups excluding carboxylic acids is 4. The van der Waals surface area contributed by atoms with Crippen molar-refractivity contribution in [2.75, 3.05) is 18.4 Å². The SMILES string of the molecule is O=C1CCC(N2C(=O)c3ccc(NCCC4CCCCN4)cc3C2=O)C(=O)N1. The molecule has 3 aliphatic rings. The summed E-state index contributed by atoms with van der Waals surface area (Å²) in [6.45, 7) is 1.84. The smallest absolute Gasteiger partial charge is 0.262 e. The number of fused-ring (bicyclic) bond motifs is 1. The van der Waals surface area contributed by atoms with E-state index < -0.39 is 23.8 Å². The average molecular weight is 384 g/mol. The van der Waals surface area contributed by atoms with Gasteiger partial charge in [-0.25, -0.2) is 0 Å². The molecule has 28 heavy (non-hydrogen) atoms. The van der Waals surface area contributed by atoms with E-state index in [4.69, 9.17) is 0 Å². The number of hydrogen-bond acceptors (Lipinski definition) is 6. The number of nitrogens with one attached hydrogen (secondary N) is 3. The molecule has 2 atom stereocenters. The number of anilines is 1. The van der Waals surface area contributed by atoms with Gasteiger partial charge in [0.2, 0.25) is 11.8 Å². The first kappa shape index (κ1) is 18.6. The first-order valence-electron chi connectivity index (χ1n) is 9.87. The minimum Gasteiger partial charge on any atom is -0.385 e. The Kier molecular flexibility index (Phi) is 5.13. The van der Waals surface area contributed by atoms with E-state index in [0.29, 0.717) is 17.2 Å². The Morgan fingerprint density at radius 2 is 1.86 bits per heavy atom. The molecule has 3 aliphatic heterocycles. The molecule has 0 saturated carbocycles. The molecule has 0 spiro atoms. The zero-order valence-electron chi connectivity index (χ0n) is 15.6. The lowest BCUT2D eigenvalue weighted by atomic mass is 10.0. The van der Waals surface area contributed by atoms with Crippen LogP contribution in [-0.2, 0) is 9.59 Å². The summed E-state index contributed by atoms with van der Waals surface area (Å²) in [6, 6.07) is 4.67. The molecule has 1 aromatic rings. The maximum atomic E-state index is 12.8. The molecule has 1 aromatic carbocycles. The van der Waals surface area contributed by atoms with E-state index in [0.717, 1.165) is 30.1 Å². The lowest BCUT2D eigenvalue weighted by Crippen LogP contribution is -2.54. The van der Waals surface area contributed by atoms with Gasteiger partial charge in [-0.1, -0.05) is 6.42 Å². The van der Waals surface area contributed by atoms with Crippen LogP contribution in [0.25, 0.3) is 0 Å². The quantitative estimate of drug-likeness (QED) is 0.655. The highest BCUT2D eigenvalue weighted by Crippen LogP contribution is 2.29. The number of hydrogen-bond donors (Lipinski definition) is 3. The molecule has 148 valence electrons. The summed E-state index contributed by atoms with van der Waals surface area (Å²) in [7, 11) is 0. The highest BCUT2D eigenvalue weighted by molar-refractivity contribution is 6.23. The van der Waals surface area contributed by atoms with Gasteiger partial charge in [-0.15, -0.1) is 0 Å². The van der Waals surface area contributed by atoms with Crippen molar-refractivity contribution in [1.82, 2.24) is 15.5 Å². The fourth-order valence-electron chi connectivity index (χ4n) is 4.14. The Labute approximate surface area is 163 Å². The summed E-state index contributed by atoms with van der Waals surface area (Å²) in [4.78, 5) is 49.9. The molecule has 0 bridgehead atoms. The van der Waals surface area contributed by atoms with Crippen molar-refractivity contribution in [3.8, 4) is 0 Å². The Morgan fingerprint density at radius 1 is 1.04 bits per heavy atom. The second kappa shape index (κ2) is 7.71. The van der Waals surface area contributed by atoms with Gasteiger partial charge in [-0.3, -0.25) is 29.4 Å². The minimum atomic E-state index is -0.932. The molecule has 0 aliphatic carbocycles. The van der Waals surface area contributed by atoms with Crippen LogP contribution in [0, 0.1) is 0 Å². The Bertz CT molecular complexity index is 831. The van der Waals surface area contributed by atoms with Crippen LogP contribution in [0.5, 0.6) is 0 Å². The van der Waals surface area contributed by atoms with E-state index in [9.17, 15) is 19.2 Å². The summed E-state index contributed by atoms with van der Waals surface area (Å²) >= 11 is 0. The number of piperidine rings is 2. The molecule has 2 unspecified atom stereocenters. The van der Waals surface area contributed by atoms with Gasteiger partial charge in [-0.05, 0) is 50.4 Å². The molecular formula is C20H24N4O4. The van der Waals surface area contributed by atoms with Gasteiger partial charge < -0.3 is 10.6 Å². The van der Waals surface area contributed by atoms with Crippen molar-refractivity contribution < 1.29 is 19.2 Å².